The van der Waals surface area contributed by atoms with Crippen molar-refractivity contribution in [3.63, 3.8) is 0 Å². The minimum absolute atomic E-state index is 0.0895. The van der Waals surface area contributed by atoms with Crippen molar-refractivity contribution in [1.82, 2.24) is 9.97 Å². The molecule has 0 unspecified atom stereocenters. The molecule has 3 rings (SSSR count). The molecule has 0 aliphatic carbocycles. The van der Waals surface area contributed by atoms with Crippen LogP contribution in [0.15, 0.2) is 42.0 Å². The Bertz CT molecular complexity index is 710. The number of nitrogens with one attached hydrogen (secondary N) is 1. The molecule has 0 spiro atoms. The molecule has 0 saturated carbocycles. The van der Waals surface area contributed by atoms with Crippen LogP contribution in [0.5, 0.6) is 0 Å². The van der Waals surface area contributed by atoms with E-state index in [0.29, 0.717) is 0 Å². The predicted molar refractivity (Wildman–Crippen MR) is 80.9 cm³/mol. The van der Waals surface area contributed by atoms with E-state index in [2.05, 4.69) is 22.2 Å². The maximum atomic E-state index is 6.21. The molecule has 1 aromatic carbocycles. The van der Waals surface area contributed by atoms with Crippen LogP contribution in [0.2, 0.25) is 5.02 Å². The van der Waals surface area contributed by atoms with Gasteiger partial charge in [-0.05, 0) is 30.0 Å². The molecular formula is C14H12ClN3S. The van der Waals surface area contributed by atoms with E-state index in [-0.39, 0.29) is 6.04 Å². The molecule has 96 valence electrons. The molecule has 0 bridgehead atoms. The van der Waals surface area contributed by atoms with Crippen molar-refractivity contribution in [2.45, 2.75) is 13.0 Å². The number of rotatable bonds is 3. The van der Waals surface area contributed by atoms with E-state index in [9.17, 15) is 0 Å². The van der Waals surface area contributed by atoms with Gasteiger partial charge in [-0.1, -0.05) is 29.8 Å². The third-order valence-electron chi connectivity index (χ3n) is 2.99. The second-order valence-electron chi connectivity index (χ2n) is 4.25. The highest BCUT2D eigenvalue weighted by molar-refractivity contribution is 7.16. The Morgan fingerprint density at radius 2 is 2.05 bits per heavy atom. The van der Waals surface area contributed by atoms with Crippen LogP contribution in [0.25, 0.3) is 10.2 Å². The summed E-state index contributed by atoms with van der Waals surface area (Å²) in [5, 5.41) is 7.23. The van der Waals surface area contributed by atoms with Gasteiger partial charge in [0.1, 0.15) is 17.0 Å². The topological polar surface area (TPSA) is 37.8 Å². The Morgan fingerprint density at radius 1 is 1.21 bits per heavy atom. The molecule has 1 N–H and O–H groups in total. The second kappa shape index (κ2) is 5.15. The van der Waals surface area contributed by atoms with Gasteiger partial charge in [0, 0.05) is 5.02 Å². The first-order chi connectivity index (χ1) is 9.25. The minimum Gasteiger partial charge on any atom is -0.363 e. The Hall–Kier alpha value is -1.65. The zero-order valence-electron chi connectivity index (χ0n) is 10.3. The molecule has 19 heavy (non-hydrogen) atoms. The number of hydrogen-bond donors (Lipinski definition) is 1. The molecule has 5 heteroatoms. The van der Waals surface area contributed by atoms with Gasteiger partial charge in [0.05, 0.1) is 11.4 Å². The highest BCUT2D eigenvalue weighted by Crippen LogP contribution is 2.29. The fourth-order valence-corrected chi connectivity index (χ4v) is 3.05. The maximum Gasteiger partial charge on any atom is 0.138 e. The number of fused-ring (bicyclic) bond motifs is 1. The average Bonchev–Trinajstić information content (AvgIpc) is 2.88. The summed E-state index contributed by atoms with van der Waals surface area (Å²) < 4.78 is 0. The summed E-state index contributed by atoms with van der Waals surface area (Å²) in [5.41, 5.74) is 1.06. The van der Waals surface area contributed by atoms with Crippen LogP contribution >= 0.6 is 22.9 Å². The van der Waals surface area contributed by atoms with Crippen LogP contribution in [0, 0.1) is 0 Å². The number of hydrogen-bond acceptors (Lipinski definition) is 4. The van der Waals surface area contributed by atoms with E-state index in [1.807, 2.05) is 35.7 Å². The highest BCUT2D eigenvalue weighted by atomic mass is 35.5. The number of thiophene rings is 1. The third kappa shape index (κ3) is 2.41. The lowest BCUT2D eigenvalue weighted by Gasteiger charge is -2.16. The fraction of sp³-hybridized carbons (Fsp3) is 0.143. The molecule has 0 aliphatic rings. The molecule has 3 nitrogen and oxygen atoms in total. The van der Waals surface area contributed by atoms with Crippen molar-refractivity contribution in [3.05, 3.63) is 52.6 Å². The Balaban J connectivity index is 1.93. The lowest BCUT2D eigenvalue weighted by Crippen LogP contribution is -2.08. The van der Waals surface area contributed by atoms with Crippen LogP contribution in [-0.4, -0.2) is 9.97 Å². The first-order valence-electron chi connectivity index (χ1n) is 5.95. The lowest BCUT2D eigenvalue weighted by molar-refractivity contribution is 0.876. The van der Waals surface area contributed by atoms with E-state index in [4.69, 9.17) is 11.6 Å². The third-order valence-corrected chi connectivity index (χ3v) is 4.15. The molecule has 1 atom stereocenters. The van der Waals surface area contributed by atoms with Gasteiger partial charge in [-0.15, -0.1) is 11.3 Å². The van der Waals surface area contributed by atoms with Crippen molar-refractivity contribution < 1.29 is 0 Å². The Morgan fingerprint density at radius 3 is 2.89 bits per heavy atom. The van der Waals surface area contributed by atoms with Gasteiger partial charge in [-0.25, -0.2) is 9.97 Å². The van der Waals surface area contributed by atoms with Gasteiger partial charge in [0.25, 0.3) is 0 Å². The predicted octanol–water partition coefficient (Wildman–Crippen LogP) is 4.52. The summed E-state index contributed by atoms with van der Waals surface area (Å²) >= 11 is 7.82. The molecule has 0 aliphatic heterocycles. The first kappa shape index (κ1) is 12.4. The van der Waals surface area contributed by atoms with Gasteiger partial charge in [0.2, 0.25) is 0 Å². The molecule has 0 fully saturated rings. The molecule has 0 amide bonds. The van der Waals surface area contributed by atoms with Crippen molar-refractivity contribution >= 4 is 39.0 Å². The monoisotopic (exact) mass is 289 g/mol. The number of aromatic nitrogens is 2. The van der Waals surface area contributed by atoms with Crippen LogP contribution in [0.4, 0.5) is 5.82 Å². The van der Waals surface area contributed by atoms with Crippen LogP contribution < -0.4 is 5.32 Å². The summed E-state index contributed by atoms with van der Waals surface area (Å²) in [4.78, 5) is 9.55. The summed E-state index contributed by atoms with van der Waals surface area (Å²) in [7, 11) is 0. The van der Waals surface area contributed by atoms with E-state index in [1.165, 1.54) is 0 Å². The van der Waals surface area contributed by atoms with Gasteiger partial charge in [-0.3, -0.25) is 0 Å². The summed E-state index contributed by atoms with van der Waals surface area (Å²) in [6.45, 7) is 2.07. The summed E-state index contributed by atoms with van der Waals surface area (Å²) in [6.07, 6.45) is 1.58. The summed E-state index contributed by atoms with van der Waals surface area (Å²) in [6, 6.07) is 9.95. The quantitative estimate of drug-likeness (QED) is 0.770. The number of anilines is 1. The molecular weight excluding hydrogens is 278 g/mol. The molecule has 0 saturated heterocycles. The zero-order valence-corrected chi connectivity index (χ0v) is 11.9. The van der Waals surface area contributed by atoms with E-state index < -0.39 is 0 Å². The lowest BCUT2D eigenvalue weighted by atomic mass is 10.1. The molecule has 2 heterocycles. The number of nitrogens with zero attached hydrogens (tertiary/aromatic N) is 2. The molecule has 3 aromatic rings. The second-order valence-corrected chi connectivity index (χ2v) is 5.55. The van der Waals surface area contributed by atoms with Gasteiger partial charge >= 0.3 is 0 Å². The van der Waals surface area contributed by atoms with Crippen LogP contribution in [-0.2, 0) is 0 Å². The smallest absolute Gasteiger partial charge is 0.138 e. The summed E-state index contributed by atoms with van der Waals surface area (Å²) in [5.74, 6) is 0.846. The number of benzene rings is 1. The van der Waals surface area contributed by atoms with Gasteiger partial charge in [0.15, 0.2) is 0 Å². The van der Waals surface area contributed by atoms with E-state index in [0.717, 1.165) is 26.6 Å². The Labute approximate surface area is 120 Å². The molecule has 2 aromatic heterocycles. The molecule has 0 radical (unpaired) electrons. The standard InChI is InChI=1S/C14H12ClN3S/c1-9(10-4-2-3-5-12(10)15)18-13-11-6-7-19-14(11)17-8-16-13/h2-9H,1H3,(H,16,17,18)/t9-/m0/s1. The maximum absolute atomic E-state index is 6.21. The zero-order chi connectivity index (χ0) is 13.2. The van der Waals surface area contributed by atoms with Crippen LogP contribution in [0.3, 0.4) is 0 Å². The van der Waals surface area contributed by atoms with Gasteiger partial charge < -0.3 is 5.32 Å². The van der Waals surface area contributed by atoms with Crippen molar-refractivity contribution in [2.24, 2.45) is 0 Å². The van der Waals surface area contributed by atoms with E-state index in [1.54, 1.807) is 17.7 Å². The first-order valence-corrected chi connectivity index (χ1v) is 7.20. The highest BCUT2D eigenvalue weighted by Gasteiger charge is 2.11. The largest absolute Gasteiger partial charge is 0.363 e. The van der Waals surface area contributed by atoms with Crippen LogP contribution in [0.1, 0.15) is 18.5 Å². The van der Waals surface area contributed by atoms with Crippen molar-refractivity contribution in [2.75, 3.05) is 5.32 Å². The van der Waals surface area contributed by atoms with Crippen molar-refractivity contribution in [3.8, 4) is 0 Å². The number of halogens is 1. The van der Waals surface area contributed by atoms with Gasteiger partial charge in [-0.2, -0.15) is 0 Å². The average molecular weight is 290 g/mol. The van der Waals surface area contributed by atoms with Crippen molar-refractivity contribution in [1.29, 1.82) is 0 Å². The fourth-order valence-electron chi connectivity index (χ4n) is 2.01. The van der Waals surface area contributed by atoms with E-state index >= 15 is 0 Å². The Kier molecular flexibility index (Phi) is 3.36. The normalized spacial score (nSPS) is 12.5. The minimum atomic E-state index is 0.0895. The SMILES string of the molecule is C[C@H](Nc1ncnc2sccc12)c1ccccc1Cl.